The summed E-state index contributed by atoms with van der Waals surface area (Å²) in [5.74, 6) is 1.06. The Morgan fingerprint density at radius 2 is 2.00 bits per heavy atom. The van der Waals surface area contributed by atoms with Crippen LogP contribution in [0.3, 0.4) is 0 Å². The van der Waals surface area contributed by atoms with Gasteiger partial charge in [0.05, 0.1) is 6.04 Å². The van der Waals surface area contributed by atoms with Gasteiger partial charge in [0.1, 0.15) is 0 Å². The van der Waals surface area contributed by atoms with Crippen molar-refractivity contribution in [3.05, 3.63) is 35.9 Å². The molecule has 0 N–H and O–H groups in total. The molecule has 1 aromatic rings. The first kappa shape index (κ1) is 17.0. The molecule has 0 bridgehead atoms. The van der Waals surface area contributed by atoms with Crippen molar-refractivity contribution in [3.63, 3.8) is 0 Å². The van der Waals surface area contributed by atoms with Crippen molar-refractivity contribution in [1.29, 1.82) is 0 Å². The van der Waals surface area contributed by atoms with E-state index in [0.717, 1.165) is 44.8 Å². The molecule has 3 nitrogen and oxygen atoms in total. The molecule has 1 heterocycles. The maximum atomic E-state index is 12.9. The minimum atomic E-state index is -0.00591. The van der Waals surface area contributed by atoms with Gasteiger partial charge in [-0.25, -0.2) is 0 Å². The topological polar surface area (TPSA) is 23.6 Å². The molecule has 0 aromatic heterocycles. The number of likely N-dealkylation sites (tertiary alicyclic amines) is 1. The van der Waals surface area contributed by atoms with E-state index in [1.54, 1.807) is 0 Å². The Labute approximate surface area is 135 Å². The van der Waals surface area contributed by atoms with Gasteiger partial charge >= 0.3 is 0 Å². The van der Waals surface area contributed by atoms with Crippen LogP contribution in [0.2, 0.25) is 0 Å². The molecule has 1 aliphatic rings. The first-order chi connectivity index (χ1) is 10.6. The molecule has 1 fully saturated rings. The third-order valence-corrected chi connectivity index (χ3v) is 4.81. The Morgan fingerprint density at radius 3 is 2.68 bits per heavy atom. The molecule has 122 valence electrons. The highest BCUT2D eigenvalue weighted by Gasteiger charge is 2.27. The monoisotopic (exact) mass is 302 g/mol. The van der Waals surface area contributed by atoms with E-state index in [2.05, 4.69) is 55.0 Å². The van der Waals surface area contributed by atoms with Crippen molar-refractivity contribution in [2.75, 3.05) is 20.1 Å². The molecule has 0 radical (unpaired) electrons. The van der Waals surface area contributed by atoms with E-state index in [1.807, 2.05) is 6.07 Å². The molecule has 0 saturated carbocycles. The maximum Gasteiger partial charge on any atom is 0.239 e. The second-order valence-electron chi connectivity index (χ2n) is 6.69. The molecule has 2 unspecified atom stereocenters. The summed E-state index contributed by atoms with van der Waals surface area (Å²) in [5, 5.41) is 0. The Kier molecular flexibility index (Phi) is 6.44. The molecule has 22 heavy (non-hydrogen) atoms. The van der Waals surface area contributed by atoms with E-state index in [9.17, 15) is 4.79 Å². The highest BCUT2D eigenvalue weighted by atomic mass is 16.2. The standard InChI is InChI=1S/C19H30N2O/c1-4-18(20(3)15-17-10-6-5-7-11-17)19(22)21-13-8-9-16(2)12-14-21/h5-7,10-11,16,18H,4,8-9,12-15H2,1-3H3. The van der Waals surface area contributed by atoms with Gasteiger partial charge in [0.15, 0.2) is 0 Å². The van der Waals surface area contributed by atoms with Crippen LogP contribution in [0.15, 0.2) is 30.3 Å². The molecular formula is C19H30N2O. The van der Waals surface area contributed by atoms with Crippen LogP contribution in [0.25, 0.3) is 0 Å². The van der Waals surface area contributed by atoms with Crippen LogP contribution in [0.5, 0.6) is 0 Å². The normalized spacial score (nSPS) is 20.7. The smallest absolute Gasteiger partial charge is 0.239 e. The number of rotatable bonds is 5. The summed E-state index contributed by atoms with van der Waals surface area (Å²) < 4.78 is 0. The number of amides is 1. The minimum Gasteiger partial charge on any atom is -0.341 e. The summed E-state index contributed by atoms with van der Waals surface area (Å²) in [6.45, 7) is 7.10. The van der Waals surface area contributed by atoms with Crippen LogP contribution >= 0.6 is 0 Å². The van der Waals surface area contributed by atoms with Crippen LogP contribution in [0.4, 0.5) is 0 Å². The van der Waals surface area contributed by atoms with Crippen molar-refractivity contribution >= 4 is 5.91 Å². The van der Waals surface area contributed by atoms with E-state index >= 15 is 0 Å². The van der Waals surface area contributed by atoms with Crippen LogP contribution < -0.4 is 0 Å². The summed E-state index contributed by atoms with van der Waals surface area (Å²) in [5.41, 5.74) is 1.26. The highest BCUT2D eigenvalue weighted by Crippen LogP contribution is 2.19. The van der Waals surface area contributed by atoms with Crippen molar-refractivity contribution in [3.8, 4) is 0 Å². The number of hydrogen-bond donors (Lipinski definition) is 0. The number of nitrogens with zero attached hydrogens (tertiary/aromatic N) is 2. The molecule has 1 aliphatic heterocycles. The van der Waals surface area contributed by atoms with Gasteiger partial charge in [-0.1, -0.05) is 44.2 Å². The van der Waals surface area contributed by atoms with Crippen molar-refractivity contribution < 1.29 is 4.79 Å². The molecular weight excluding hydrogens is 272 g/mol. The molecule has 3 heteroatoms. The molecule has 0 spiro atoms. The summed E-state index contributed by atoms with van der Waals surface area (Å²) in [7, 11) is 2.07. The Balaban J connectivity index is 1.98. The predicted molar refractivity (Wildman–Crippen MR) is 91.6 cm³/mol. The van der Waals surface area contributed by atoms with Crippen LogP contribution in [-0.4, -0.2) is 41.9 Å². The fourth-order valence-corrected chi connectivity index (χ4v) is 3.35. The van der Waals surface area contributed by atoms with Crippen molar-refractivity contribution in [2.24, 2.45) is 5.92 Å². The van der Waals surface area contributed by atoms with Gasteiger partial charge < -0.3 is 4.90 Å². The maximum absolute atomic E-state index is 12.9. The number of carbonyl (C=O) groups excluding carboxylic acids is 1. The van der Waals surface area contributed by atoms with E-state index in [-0.39, 0.29) is 6.04 Å². The van der Waals surface area contributed by atoms with E-state index in [1.165, 1.54) is 12.0 Å². The van der Waals surface area contributed by atoms with E-state index < -0.39 is 0 Å². The average molecular weight is 302 g/mol. The molecule has 0 aliphatic carbocycles. The number of carbonyl (C=O) groups is 1. The fraction of sp³-hybridized carbons (Fsp3) is 0.632. The Bertz CT molecular complexity index is 460. The lowest BCUT2D eigenvalue weighted by atomic mass is 10.0. The van der Waals surface area contributed by atoms with Gasteiger partial charge in [-0.2, -0.15) is 0 Å². The van der Waals surface area contributed by atoms with Crippen LogP contribution in [0.1, 0.15) is 45.1 Å². The largest absolute Gasteiger partial charge is 0.341 e. The summed E-state index contributed by atoms with van der Waals surface area (Å²) in [6, 6.07) is 10.4. The molecule has 2 rings (SSSR count). The zero-order valence-electron chi connectivity index (χ0n) is 14.3. The number of benzene rings is 1. The molecule has 1 saturated heterocycles. The third-order valence-electron chi connectivity index (χ3n) is 4.81. The van der Waals surface area contributed by atoms with Gasteiger partial charge in [-0.15, -0.1) is 0 Å². The number of likely N-dealkylation sites (N-methyl/N-ethyl adjacent to an activating group) is 1. The van der Waals surface area contributed by atoms with Crippen LogP contribution in [0, 0.1) is 5.92 Å². The Morgan fingerprint density at radius 1 is 1.27 bits per heavy atom. The molecule has 2 atom stereocenters. The lowest BCUT2D eigenvalue weighted by Crippen LogP contribution is -2.47. The lowest BCUT2D eigenvalue weighted by molar-refractivity contribution is -0.136. The highest BCUT2D eigenvalue weighted by molar-refractivity contribution is 5.81. The second kappa shape index (κ2) is 8.33. The summed E-state index contributed by atoms with van der Waals surface area (Å²) in [4.78, 5) is 17.2. The van der Waals surface area contributed by atoms with Gasteiger partial charge in [-0.3, -0.25) is 9.69 Å². The quantitative estimate of drug-likeness (QED) is 0.830. The fourth-order valence-electron chi connectivity index (χ4n) is 3.35. The van der Waals surface area contributed by atoms with Crippen LogP contribution in [-0.2, 0) is 11.3 Å². The lowest BCUT2D eigenvalue weighted by Gasteiger charge is -2.31. The number of hydrogen-bond acceptors (Lipinski definition) is 2. The average Bonchev–Trinajstić information content (AvgIpc) is 2.73. The van der Waals surface area contributed by atoms with Crippen molar-refractivity contribution in [1.82, 2.24) is 9.80 Å². The summed E-state index contributed by atoms with van der Waals surface area (Å²) in [6.07, 6.45) is 4.41. The van der Waals surface area contributed by atoms with Crippen molar-refractivity contribution in [2.45, 2.75) is 52.1 Å². The van der Waals surface area contributed by atoms with E-state index in [0.29, 0.717) is 5.91 Å². The first-order valence-electron chi connectivity index (χ1n) is 8.64. The second-order valence-corrected chi connectivity index (χ2v) is 6.69. The third kappa shape index (κ3) is 4.57. The van der Waals surface area contributed by atoms with Gasteiger partial charge in [0.2, 0.25) is 5.91 Å². The first-order valence-corrected chi connectivity index (χ1v) is 8.64. The summed E-state index contributed by atoms with van der Waals surface area (Å²) >= 11 is 0. The Hall–Kier alpha value is -1.35. The van der Waals surface area contributed by atoms with Gasteiger partial charge in [0, 0.05) is 19.6 Å². The zero-order valence-corrected chi connectivity index (χ0v) is 14.3. The SMILES string of the molecule is CCC(C(=O)N1CCCC(C)CC1)N(C)Cc1ccccc1. The van der Waals surface area contributed by atoms with Gasteiger partial charge in [-0.05, 0) is 44.2 Å². The van der Waals surface area contributed by atoms with E-state index in [4.69, 9.17) is 0 Å². The molecule has 1 amide bonds. The zero-order chi connectivity index (χ0) is 15.9. The molecule has 1 aromatic carbocycles. The minimum absolute atomic E-state index is 0.00591. The predicted octanol–water partition coefficient (Wildman–Crippen LogP) is 3.55. The van der Waals surface area contributed by atoms with Gasteiger partial charge in [0.25, 0.3) is 0 Å².